The van der Waals surface area contributed by atoms with Crippen molar-refractivity contribution in [3.63, 3.8) is 0 Å². The molecular formula is C21H25FN2O4. The third-order valence-electron chi connectivity index (χ3n) is 5.17. The molecule has 3 rings (SSSR count). The van der Waals surface area contributed by atoms with Crippen molar-refractivity contribution in [2.75, 3.05) is 6.61 Å². The van der Waals surface area contributed by atoms with Crippen LogP contribution in [0.25, 0.3) is 0 Å². The first-order chi connectivity index (χ1) is 13.5. The number of benzene rings is 1. The normalized spacial score (nSPS) is 14.7. The molecule has 7 heteroatoms. The van der Waals surface area contributed by atoms with Gasteiger partial charge in [0.1, 0.15) is 17.1 Å². The maximum absolute atomic E-state index is 13.2. The fraction of sp³-hybridized carbons (Fsp3) is 0.476. The topological polar surface area (TPSA) is 72.6 Å². The molecule has 0 radical (unpaired) electrons. The highest BCUT2D eigenvalue weighted by atomic mass is 19.1. The second-order valence-electron chi connectivity index (χ2n) is 7.22. The summed E-state index contributed by atoms with van der Waals surface area (Å²) in [6, 6.07) is 6.22. The van der Waals surface area contributed by atoms with Gasteiger partial charge < -0.3 is 14.2 Å². The molecule has 0 bridgehead atoms. The molecule has 1 aliphatic carbocycles. The molecule has 0 saturated heterocycles. The molecule has 150 valence electrons. The summed E-state index contributed by atoms with van der Waals surface area (Å²) >= 11 is 0. The summed E-state index contributed by atoms with van der Waals surface area (Å²) in [5.41, 5.74) is 1.54. The van der Waals surface area contributed by atoms with Crippen molar-refractivity contribution in [3.05, 3.63) is 52.7 Å². The number of carbonyl (C=O) groups excluding carboxylic acids is 2. The van der Waals surface area contributed by atoms with Crippen molar-refractivity contribution in [3.8, 4) is 0 Å². The fourth-order valence-electron chi connectivity index (χ4n) is 3.66. The lowest BCUT2D eigenvalue weighted by atomic mass is 9.93. The second kappa shape index (κ2) is 8.99. The highest BCUT2D eigenvalue weighted by molar-refractivity contribution is 5.93. The van der Waals surface area contributed by atoms with Gasteiger partial charge in [0.2, 0.25) is 0 Å². The van der Waals surface area contributed by atoms with Crippen LogP contribution in [-0.2, 0) is 16.1 Å². The van der Waals surface area contributed by atoms with E-state index in [2.05, 4.69) is 5.16 Å². The van der Waals surface area contributed by atoms with Crippen LogP contribution < -0.4 is 0 Å². The highest BCUT2D eigenvalue weighted by Crippen LogP contribution is 2.24. The zero-order chi connectivity index (χ0) is 20.1. The Kier molecular flexibility index (Phi) is 6.44. The van der Waals surface area contributed by atoms with Crippen LogP contribution in [0.4, 0.5) is 4.39 Å². The molecule has 0 spiro atoms. The number of carbonyl (C=O) groups is 2. The third-order valence-corrected chi connectivity index (χ3v) is 5.17. The van der Waals surface area contributed by atoms with E-state index in [9.17, 15) is 14.0 Å². The van der Waals surface area contributed by atoms with E-state index in [0.717, 1.165) is 37.7 Å². The molecule has 1 fully saturated rings. The van der Waals surface area contributed by atoms with E-state index in [1.54, 1.807) is 30.9 Å². The largest absolute Gasteiger partial charge is 0.452 e. The fourth-order valence-corrected chi connectivity index (χ4v) is 3.66. The average Bonchev–Trinajstić information content (AvgIpc) is 3.04. The minimum absolute atomic E-state index is 0.101. The summed E-state index contributed by atoms with van der Waals surface area (Å²) in [6.45, 7) is 3.30. The SMILES string of the molecule is Cc1noc(C)c1C(=O)OCC(=O)N(Cc1ccc(F)cc1)C1CCCCC1. The molecule has 1 amide bonds. The van der Waals surface area contributed by atoms with Crippen LogP contribution in [0, 0.1) is 19.7 Å². The molecule has 1 aliphatic rings. The van der Waals surface area contributed by atoms with Crippen molar-refractivity contribution < 1.29 is 23.2 Å². The van der Waals surface area contributed by atoms with Crippen LogP contribution in [-0.4, -0.2) is 34.6 Å². The zero-order valence-electron chi connectivity index (χ0n) is 16.2. The average molecular weight is 388 g/mol. The molecule has 0 atom stereocenters. The maximum Gasteiger partial charge on any atom is 0.344 e. The van der Waals surface area contributed by atoms with Gasteiger partial charge in [0.05, 0.1) is 5.69 Å². The molecule has 0 aliphatic heterocycles. The summed E-state index contributed by atoms with van der Waals surface area (Å²) in [7, 11) is 0. The van der Waals surface area contributed by atoms with E-state index in [0.29, 0.717) is 18.0 Å². The van der Waals surface area contributed by atoms with Gasteiger partial charge in [0, 0.05) is 12.6 Å². The van der Waals surface area contributed by atoms with E-state index >= 15 is 0 Å². The van der Waals surface area contributed by atoms with Gasteiger partial charge in [0.15, 0.2) is 6.61 Å². The number of hydrogen-bond donors (Lipinski definition) is 0. The van der Waals surface area contributed by atoms with Crippen molar-refractivity contribution in [2.45, 2.75) is 58.5 Å². The lowest BCUT2D eigenvalue weighted by Gasteiger charge is -2.34. The Morgan fingerprint density at radius 1 is 1.18 bits per heavy atom. The molecular weight excluding hydrogens is 363 g/mol. The molecule has 1 aromatic heterocycles. The van der Waals surface area contributed by atoms with E-state index in [4.69, 9.17) is 9.26 Å². The first-order valence-corrected chi connectivity index (χ1v) is 9.59. The van der Waals surface area contributed by atoms with Gasteiger partial charge >= 0.3 is 5.97 Å². The Balaban J connectivity index is 1.68. The standard InChI is InChI=1S/C21H25FN2O4/c1-14-20(15(2)28-23-14)21(26)27-13-19(25)24(18-6-4-3-5-7-18)12-16-8-10-17(22)11-9-16/h8-11,18H,3-7,12-13H2,1-2H3. The van der Waals surface area contributed by atoms with Gasteiger partial charge in [-0.1, -0.05) is 36.6 Å². The van der Waals surface area contributed by atoms with Crippen LogP contribution in [0.1, 0.15) is 59.5 Å². The number of esters is 1. The number of nitrogens with zero attached hydrogens (tertiary/aromatic N) is 2. The van der Waals surface area contributed by atoms with Crippen LogP contribution >= 0.6 is 0 Å². The monoisotopic (exact) mass is 388 g/mol. The Morgan fingerprint density at radius 3 is 2.46 bits per heavy atom. The Labute approximate surface area is 163 Å². The van der Waals surface area contributed by atoms with Gasteiger partial charge in [-0.3, -0.25) is 4.79 Å². The van der Waals surface area contributed by atoms with Gasteiger partial charge in [-0.15, -0.1) is 0 Å². The number of aromatic nitrogens is 1. The summed E-state index contributed by atoms with van der Waals surface area (Å²) < 4.78 is 23.4. The van der Waals surface area contributed by atoms with E-state index in [1.807, 2.05) is 0 Å². The molecule has 0 unspecified atom stereocenters. The molecule has 2 aromatic rings. The lowest BCUT2D eigenvalue weighted by Crippen LogP contribution is -2.43. The van der Waals surface area contributed by atoms with Gasteiger partial charge in [-0.05, 0) is 44.4 Å². The predicted octanol–water partition coefficient (Wildman–Crippen LogP) is 3.95. The van der Waals surface area contributed by atoms with Gasteiger partial charge in [-0.25, -0.2) is 9.18 Å². The molecule has 6 nitrogen and oxygen atoms in total. The smallest absolute Gasteiger partial charge is 0.344 e. The van der Waals surface area contributed by atoms with Crippen molar-refractivity contribution in [1.82, 2.24) is 10.1 Å². The summed E-state index contributed by atoms with van der Waals surface area (Å²) in [4.78, 5) is 27.0. The van der Waals surface area contributed by atoms with E-state index < -0.39 is 5.97 Å². The third kappa shape index (κ3) is 4.77. The van der Waals surface area contributed by atoms with Crippen molar-refractivity contribution >= 4 is 11.9 Å². The highest BCUT2D eigenvalue weighted by Gasteiger charge is 2.27. The number of rotatable bonds is 6. The minimum Gasteiger partial charge on any atom is -0.452 e. The molecule has 28 heavy (non-hydrogen) atoms. The van der Waals surface area contributed by atoms with Gasteiger partial charge in [-0.2, -0.15) is 0 Å². The Hall–Kier alpha value is -2.70. The van der Waals surface area contributed by atoms with Crippen LogP contribution in [0.3, 0.4) is 0 Å². The predicted molar refractivity (Wildman–Crippen MR) is 100 cm³/mol. The minimum atomic E-state index is -0.616. The lowest BCUT2D eigenvalue weighted by molar-refractivity contribution is -0.138. The summed E-state index contributed by atoms with van der Waals surface area (Å²) in [6.07, 6.45) is 5.14. The quantitative estimate of drug-likeness (QED) is 0.701. The Bertz CT molecular complexity index is 806. The molecule has 0 N–H and O–H groups in total. The van der Waals surface area contributed by atoms with Crippen LogP contribution in [0.15, 0.2) is 28.8 Å². The maximum atomic E-state index is 13.2. The Morgan fingerprint density at radius 2 is 1.86 bits per heavy atom. The van der Waals surface area contributed by atoms with Gasteiger partial charge in [0.25, 0.3) is 5.91 Å². The zero-order valence-corrected chi connectivity index (χ0v) is 16.2. The summed E-state index contributed by atoms with van der Waals surface area (Å²) in [5.74, 6) is -0.815. The first kappa shape index (κ1) is 20.0. The number of halogens is 1. The molecule has 1 saturated carbocycles. The van der Waals surface area contributed by atoms with E-state index in [-0.39, 0.29) is 29.9 Å². The first-order valence-electron chi connectivity index (χ1n) is 9.59. The number of hydrogen-bond acceptors (Lipinski definition) is 5. The van der Waals surface area contributed by atoms with Crippen molar-refractivity contribution in [1.29, 1.82) is 0 Å². The van der Waals surface area contributed by atoms with Crippen molar-refractivity contribution in [2.24, 2.45) is 0 Å². The summed E-state index contributed by atoms with van der Waals surface area (Å²) in [5, 5.41) is 3.73. The van der Waals surface area contributed by atoms with Crippen LogP contribution in [0.2, 0.25) is 0 Å². The molecule has 1 aromatic carbocycles. The number of amides is 1. The van der Waals surface area contributed by atoms with E-state index in [1.165, 1.54) is 12.1 Å². The second-order valence-corrected chi connectivity index (χ2v) is 7.22. The number of aryl methyl sites for hydroxylation is 2. The number of ether oxygens (including phenoxy) is 1. The van der Waals surface area contributed by atoms with Crippen LogP contribution in [0.5, 0.6) is 0 Å². The molecule has 1 heterocycles.